The Balaban J connectivity index is 1.46. The summed E-state index contributed by atoms with van der Waals surface area (Å²) in [6.07, 6.45) is 3.26. The van der Waals surface area contributed by atoms with Crippen LogP contribution < -0.4 is 0 Å². The molecule has 0 saturated heterocycles. The van der Waals surface area contributed by atoms with Crippen LogP contribution in [0.4, 0.5) is 0 Å². The van der Waals surface area contributed by atoms with Crippen molar-refractivity contribution in [3.63, 3.8) is 0 Å². The van der Waals surface area contributed by atoms with Gasteiger partial charge in [-0.2, -0.15) is 0 Å². The van der Waals surface area contributed by atoms with Crippen molar-refractivity contribution in [3.8, 4) is 0 Å². The summed E-state index contributed by atoms with van der Waals surface area (Å²) >= 11 is 0. The molecule has 4 fully saturated rings. The van der Waals surface area contributed by atoms with E-state index < -0.39 is 64.4 Å². The largest absolute Gasteiger partial charge is 0.481 e. The lowest BCUT2D eigenvalue weighted by molar-refractivity contribution is -0.219. The van der Waals surface area contributed by atoms with Crippen molar-refractivity contribution in [1.29, 1.82) is 0 Å². The molecule has 11 nitrogen and oxygen atoms in total. The van der Waals surface area contributed by atoms with Gasteiger partial charge in [0.2, 0.25) is 5.60 Å². The van der Waals surface area contributed by atoms with Crippen LogP contribution in [0, 0.1) is 50.2 Å². The van der Waals surface area contributed by atoms with Gasteiger partial charge >= 0.3 is 23.9 Å². The third kappa shape index (κ3) is 4.91. The summed E-state index contributed by atoms with van der Waals surface area (Å²) in [6, 6.07) is 0. The third-order valence-corrected chi connectivity index (χ3v) is 14.8. The van der Waals surface area contributed by atoms with E-state index in [1.165, 1.54) is 0 Å². The van der Waals surface area contributed by atoms with E-state index in [1.807, 2.05) is 26.8 Å². The highest BCUT2D eigenvalue weighted by Crippen LogP contribution is 2.75. The molecule has 11 heteroatoms. The first-order valence-electron chi connectivity index (χ1n) is 17.0. The highest BCUT2D eigenvalue weighted by atomic mass is 16.6. The van der Waals surface area contributed by atoms with Crippen molar-refractivity contribution < 1.29 is 54.2 Å². The summed E-state index contributed by atoms with van der Waals surface area (Å²) in [7, 11) is 0. The summed E-state index contributed by atoms with van der Waals surface area (Å²) in [4.78, 5) is 62.9. The Kier molecular flexibility index (Phi) is 8.20. The number of carboxylic acids is 3. The normalized spacial score (nSPS) is 44.2. The number of rotatable bonds is 7. The number of fused-ring (bicyclic) bond motifs is 7. The van der Waals surface area contributed by atoms with Crippen molar-refractivity contribution in [2.24, 2.45) is 50.2 Å². The van der Waals surface area contributed by atoms with Gasteiger partial charge in [0.15, 0.2) is 11.9 Å². The summed E-state index contributed by atoms with van der Waals surface area (Å²) in [5.41, 5.74) is -4.91. The minimum absolute atomic E-state index is 0.00643. The molecule has 5 aliphatic carbocycles. The molecule has 5 N–H and O–H groups in total. The standard InChI is InChI=1S/C36H52O11/c1-30(2)22-8-11-35(7)25(33(22,5)10-9-23(30)47-27(41)26(40)36(46,29(44)45)18-24(38)39)21(37)16-19-20-17-32(4,28(42)43)13-12-31(20,3)14-15-34(19,35)6/h16,20,22-23,25-26,40,46H,8-15,17-18H2,1-7H3,(H,38,39)(H,42,43)(H,44,45)/t20-,22?,23+,25-,26?,31-,32+,33+,34-,35-,36?/m1/s1. The van der Waals surface area contributed by atoms with E-state index in [4.69, 9.17) is 9.84 Å². The van der Waals surface area contributed by atoms with Crippen LogP contribution in [0.3, 0.4) is 0 Å². The molecule has 3 unspecified atom stereocenters. The molecule has 47 heavy (non-hydrogen) atoms. The van der Waals surface area contributed by atoms with E-state index in [-0.39, 0.29) is 39.8 Å². The van der Waals surface area contributed by atoms with Gasteiger partial charge in [-0.15, -0.1) is 0 Å². The number of ether oxygens (including phenoxy) is 1. The molecule has 262 valence electrons. The lowest BCUT2D eigenvalue weighted by Crippen LogP contribution is -2.67. The maximum Gasteiger partial charge on any atom is 0.339 e. The Morgan fingerprint density at radius 3 is 2.11 bits per heavy atom. The Morgan fingerprint density at radius 2 is 1.53 bits per heavy atom. The van der Waals surface area contributed by atoms with Crippen LogP contribution in [0.15, 0.2) is 11.6 Å². The SMILES string of the molecule is CC1(C)C2CC[C@]3(C)[C@H](C(=O)C=C4[C@H]5C[C@@](C)(C(=O)O)CC[C@]5(C)CC[C@]43C)[C@@]2(C)CC[C@@H]1OC(=O)C(O)C(O)(CC(=O)O)C(=O)O. The highest BCUT2D eigenvalue weighted by molar-refractivity contribution is 5.96. The molecular weight excluding hydrogens is 608 g/mol. The molecule has 0 radical (unpaired) electrons. The number of hydrogen-bond donors (Lipinski definition) is 5. The summed E-state index contributed by atoms with van der Waals surface area (Å²) < 4.78 is 5.69. The number of carbonyl (C=O) groups is 5. The van der Waals surface area contributed by atoms with Gasteiger partial charge in [-0.25, -0.2) is 9.59 Å². The first kappa shape index (κ1) is 35.5. The molecular formula is C36H52O11. The Morgan fingerprint density at radius 1 is 0.915 bits per heavy atom. The summed E-state index contributed by atoms with van der Waals surface area (Å²) in [6.45, 7) is 14.7. The quantitative estimate of drug-likeness (QED) is 0.239. The van der Waals surface area contributed by atoms with Gasteiger partial charge < -0.3 is 30.3 Å². The second-order valence-corrected chi connectivity index (χ2v) is 17.5. The number of carbonyl (C=O) groups excluding carboxylic acids is 2. The van der Waals surface area contributed by atoms with E-state index in [0.29, 0.717) is 25.7 Å². The van der Waals surface area contributed by atoms with Crippen LogP contribution in [0.1, 0.15) is 113 Å². The van der Waals surface area contributed by atoms with E-state index >= 15 is 0 Å². The first-order chi connectivity index (χ1) is 21.4. The van der Waals surface area contributed by atoms with Gasteiger partial charge in [0.25, 0.3) is 0 Å². The van der Waals surface area contributed by atoms with Crippen molar-refractivity contribution in [1.82, 2.24) is 0 Å². The maximum atomic E-state index is 14.5. The van der Waals surface area contributed by atoms with Gasteiger partial charge in [0.05, 0.1) is 11.8 Å². The molecule has 0 amide bonds. The molecule has 0 aromatic heterocycles. The Bertz CT molecular complexity index is 1430. The predicted molar refractivity (Wildman–Crippen MR) is 168 cm³/mol. The lowest BCUT2D eigenvalue weighted by atomic mass is 9.33. The molecule has 11 atom stereocenters. The number of allylic oxidation sites excluding steroid dienone is 2. The first-order valence-corrected chi connectivity index (χ1v) is 17.0. The zero-order valence-electron chi connectivity index (χ0n) is 28.7. The molecule has 5 aliphatic rings. The fourth-order valence-corrected chi connectivity index (χ4v) is 11.5. The van der Waals surface area contributed by atoms with Crippen LogP contribution in [0.5, 0.6) is 0 Å². The Labute approximate surface area is 276 Å². The van der Waals surface area contributed by atoms with Gasteiger partial charge in [-0.05, 0) is 104 Å². The van der Waals surface area contributed by atoms with E-state index in [1.54, 1.807) is 0 Å². The number of aliphatic hydroxyl groups is 2. The zero-order chi connectivity index (χ0) is 35.3. The van der Waals surface area contributed by atoms with Crippen molar-refractivity contribution in [3.05, 3.63) is 11.6 Å². The fourth-order valence-electron chi connectivity index (χ4n) is 11.5. The molecule has 0 aromatic carbocycles. The number of hydrogen-bond acceptors (Lipinski definition) is 8. The molecule has 0 heterocycles. The van der Waals surface area contributed by atoms with Gasteiger partial charge in [0.1, 0.15) is 6.10 Å². The van der Waals surface area contributed by atoms with Gasteiger partial charge in [-0.1, -0.05) is 47.1 Å². The van der Waals surface area contributed by atoms with Crippen LogP contribution >= 0.6 is 0 Å². The number of aliphatic hydroxyl groups excluding tert-OH is 1. The number of ketones is 1. The second kappa shape index (κ2) is 10.9. The number of esters is 1. The zero-order valence-corrected chi connectivity index (χ0v) is 28.7. The average molecular weight is 661 g/mol. The van der Waals surface area contributed by atoms with Crippen molar-refractivity contribution >= 4 is 29.7 Å². The average Bonchev–Trinajstić information content (AvgIpc) is 2.95. The highest BCUT2D eigenvalue weighted by Gasteiger charge is 2.70. The maximum absolute atomic E-state index is 14.5. The number of carboxylic acid groups (broad SMARTS) is 3. The van der Waals surface area contributed by atoms with Crippen molar-refractivity contribution in [2.75, 3.05) is 0 Å². The molecule has 0 spiro atoms. The van der Waals surface area contributed by atoms with Crippen LogP contribution in [-0.4, -0.2) is 73.0 Å². The molecule has 0 aromatic rings. The summed E-state index contributed by atoms with van der Waals surface area (Å²) in [5, 5.41) is 49.6. The fraction of sp³-hybridized carbons (Fsp3) is 0.806. The number of aliphatic carboxylic acids is 3. The third-order valence-electron chi connectivity index (χ3n) is 14.8. The van der Waals surface area contributed by atoms with Crippen LogP contribution in [0.25, 0.3) is 0 Å². The smallest absolute Gasteiger partial charge is 0.339 e. The molecule has 4 saturated carbocycles. The van der Waals surface area contributed by atoms with Gasteiger partial charge in [-0.3, -0.25) is 14.4 Å². The minimum Gasteiger partial charge on any atom is -0.481 e. The van der Waals surface area contributed by atoms with E-state index in [2.05, 4.69) is 27.7 Å². The van der Waals surface area contributed by atoms with Gasteiger partial charge in [0, 0.05) is 11.3 Å². The summed E-state index contributed by atoms with van der Waals surface area (Å²) in [5.74, 6) is -6.27. The van der Waals surface area contributed by atoms with E-state index in [0.717, 1.165) is 37.7 Å². The topological polar surface area (TPSA) is 196 Å². The minimum atomic E-state index is -3.26. The predicted octanol–water partition coefficient (Wildman–Crippen LogP) is 4.61. The lowest BCUT2D eigenvalue weighted by Gasteiger charge is -2.70. The van der Waals surface area contributed by atoms with Crippen LogP contribution in [0.2, 0.25) is 0 Å². The second-order valence-electron chi connectivity index (χ2n) is 17.5. The molecule has 5 rings (SSSR count). The van der Waals surface area contributed by atoms with E-state index in [9.17, 15) is 44.4 Å². The monoisotopic (exact) mass is 660 g/mol. The molecule has 0 aliphatic heterocycles. The Hall–Kier alpha value is -2.79. The van der Waals surface area contributed by atoms with Crippen molar-refractivity contribution in [2.45, 2.75) is 130 Å². The van der Waals surface area contributed by atoms with Crippen LogP contribution in [-0.2, 0) is 28.7 Å². The molecule has 0 bridgehead atoms.